The summed E-state index contributed by atoms with van der Waals surface area (Å²) in [6, 6.07) is 0. The summed E-state index contributed by atoms with van der Waals surface area (Å²) in [6.45, 7) is 14.8. The summed E-state index contributed by atoms with van der Waals surface area (Å²) in [5, 5.41) is 9.18. The van der Waals surface area contributed by atoms with Crippen LogP contribution < -0.4 is 0 Å². The molecular formula is C13H20O2. The van der Waals surface area contributed by atoms with E-state index in [9.17, 15) is 5.11 Å². The fraction of sp³-hybridized carbons (Fsp3) is 0.385. The summed E-state index contributed by atoms with van der Waals surface area (Å²) in [6.07, 6.45) is 4.76. The Balaban J connectivity index is 3.90. The summed E-state index contributed by atoms with van der Waals surface area (Å²) in [5.41, 5.74) is 0.865. The maximum absolute atomic E-state index is 9.18. The fourth-order valence-corrected chi connectivity index (χ4v) is 1.13. The largest absolute Gasteiger partial charge is 0.508 e. The SMILES string of the molecule is C=C/C(O)=C\C(=C)CCC(C)OC(=C)C. The molecule has 15 heavy (non-hydrogen) atoms. The lowest BCUT2D eigenvalue weighted by molar-refractivity contribution is 0.127. The third-order valence-corrected chi connectivity index (χ3v) is 1.84. The maximum atomic E-state index is 9.18. The molecule has 1 N–H and O–H groups in total. The lowest BCUT2D eigenvalue weighted by Gasteiger charge is -2.14. The second-order valence-electron chi connectivity index (χ2n) is 3.60. The molecule has 0 saturated heterocycles. The Kier molecular flexibility index (Phi) is 6.27. The molecule has 1 unspecified atom stereocenters. The zero-order valence-corrected chi connectivity index (χ0v) is 9.62. The van der Waals surface area contributed by atoms with Crippen LogP contribution in [0.25, 0.3) is 0 Å². The predicted octanol–water partition coefficient (Wildman–Crippen LogP) is 3.89. The lowest BCUT2D eigenvalue weighted by Crippen LogP contribution is -2.06. The van der Waals surface area contributed by atoms with Crippen molar-refractivity contribution in [2.24, 2.45) is 0 Å². The van der Waals surface area contributed by atoms with E-state index in [4.69, 9.17) is 4.74 Å². The second kappa shape index (κ2) is 6.93. The maximum Gasteiger partial charge on any atom is 0.115 e. The summed E-state index contributed by atoms with van der Waals surface area (Å²) < 4.78 is 5.39. The highest BCUT2D eigenvalue weighted by Gasteiger charge is 2.03. The van der Waals surface area contributed by atoms with Crippen LogP contribution >= 0.6 is 0 Å². The van der Waals surface area contributed by atoms with Gasteiger partial charge in [0.1, 0.15) is 5.76 Å². The number of hydrogen-bond donors (Lipinski definition) is 1. The number of rotatable bonds is 7. The fourth-order valence-electron chi connectivity index (χ4n) is 1.13. The van der Waals surface area contributed by atoms with E-state index in [0.717, 1.165) is 24.2 Å². The van der Waals surface area contributed by atoms with Crippen LogP contribution in [0.2, 0.25) is 0 Å². The topological polar surface area (TPSA) is 29.5 Å². The zero-order chi connectivity index (χ0) is 11.8. The molecule has 0 radical (unpaired) electrons. The van der Waals surface area contributed by atoms with Crippen molar-refractivity contribution < 1.29 is 9.84 Å². The molecular weight excluding hydrogens is 188 g/mol. The molecule has 0 spiro atoms. The summed E-state index contributed by atoms with van der Waals surface area (Å²) in [5.74, 6) is 0.867. The Morgan fingerprint density at radius 1 is 1.47 bits per heavy atom. The van der Waals surface area contributed by atoms with Crippen molar-refractivity contribution in [3.63, 3.8) is 0 Å². The van der Waals surface area contributed by atoms with E-state index in [1.54, 1.807) is 6.08 Å². The summed E-state index contributed by atoms with van der Waals surface area (Å²) >= 11 is 0. The molecule has 2 heteroatoms. The van der Waals surface area contributed by atoms with Crippen LogP contribution in [0.1, 0.15) is 26.7 Å². The molecule has 0 aliphatic heterocycles. The number of hydrogen-bond acceptors (Lipinski definition) is 2. The van der Waals surface area contributed by atoms with E-state index in [-0.39, 0.29) is 11.9 Å². The van der Waals surface area contributed by atoms with Crippen LogP contribution in [-0.4, -0.2) is 11.2 Å². The summed E-state index contributed by atoms with van der Waals surface area (Å²) in [7, 11) is 0. The third-order valence-electron chi connectivity index (χ3n) is 1.84. The smallest absolute Gasteiger partial charge is 0.115 e. The molecule has 0 aliphatic rings. The van der Waals surface area contributed by atoms with Crippen molar-refractivity contribution in [3.8, 4) is 0 Å². The Labute approximate surface area is 92.3 Å². The number of aliphatic hydroxyl groups is 1. The standard InChI is InChI=1S/C13H20O2/c1-6-13(14)9-11(4)7-8-12(5)15-10(2)3/h6,9,12,14H,1-2,4,7-8H2,3,5H3/b13-9+. The van der Waals surface area contributed by atoms with Crippen LogP contribution in [0, 0.1) is 0 Å². The van der Waals surface area contributed by atoms with E-state index in [1.165, 1.54) is 6.08 Å². The van der Waals surface area contributed by atoms with Crippen LogP contribution in [-0.2, 0) is 4.74 Å². The van der Waals surface area contributed by atoms with Gasteiger partial charge in [-0.1, -0.05) is 25.3 Å². The van der Waals surface area contributed by atoms with Crippen molar-refractivity contribution >= 4 is 0 Å². The first-order valence-electron chi connectivity index (χ1n) is 4.98. The van der Waals surface area contributed by atoms with Gasteiger partial charge in [-0.2, -0.15) is 0 Å². The van der Waals surface area contributed by atoms with Gasteiger partial charge in [0.05, 0.1) is 11.9 Å². The average molecular weight is 208 g/mol. The first-order chi connectivity index (χ1) is 6.95. The predicted molar refractivity (Wildman–Crippen MR) is 64.6 cm³/mol. The first-order valence-corrected chi connectivity index (χ1v) is 4.98. The third kappa shape index (κ3) is 7.62. The molecule has 0 aromatic rings. The van der Waals surface area contributed by atoms with Gasteiger partial charge in [-0.25, -0.2) is 0 Å². The Bertz CT molecular complexity index is 274. The highest BCUT2D eigenvalue weighted by Crippen LogP contribution is 2.12. The molecule has 0 aliphatic carbocycles. The highest BCUT2D eigenvalue weighted by atomic mass is 16.5. The van der Waals surface area contributed by atoms with Gasteiger partial charge in [-0.3, -0.25) is 0 Å². The first kappa shape index (κ1) is 13.6. The van der Waals surface area contributed by atoms with E-state index >= 15 is 0 Å². The second-order valence-corrected chi connectivity index (χ2v) is 3.60. The minimum absolute atomic E-state index is 0.124. The van der Waals surface area contributed by atoms with Gasteiger partial charge in [0.25, 0.3) is 0 Å². The summed E-state index contributed by atoms with van der Waals surface area (Å²) in [4.78, 5) is 0. The normalized spacial score (nSPS) is 13.1. The Morgan fingerprint density at radius 3 is 2.53 bits per heavy atom. The molecule has 0 fully saturated rings. The Morgan fingerprint density at radius 2 is 2.07 bits per heavy atom. The minimum Gasteiger partial charge on any atom is -0.508 e. The van der Waals surface area contributed by atoms with Crippen molar-refractivity contribution in [2.75, 3.05) is 0 Å². The van der Waals surface area contributed by atoms with Crippen molar-refractivity contribution in [1.29, 1.82) is 0 Å². The van der Waals surface area contributed by atoms with Crippen molar-refractivity contribution in [2.45, 2.75) is 32.8 Å². The van der Waals surface area contributed by atoms with Crippen molar-refractivity contribution in [3.05, 3.63) is 49.0 Å². The molecule has 0 aromatic carbocycles. The number of allylic oxidation sites excluding steroid dienone is 4. The van der Waals surface area contributed by atoms with Crippen molar-refractivity contribution in [1.82, 2.24) is 0 Å². The lowest BCUT2D eigenvalue weighted by atomic mass is 10.1. The van der Waals surface area contributed by atoms with Crippen LogP contribution in [0.5, 0.6) is 0 Å². The molecule has 0 rings (SSSR count). The van der Waals surface area contributed by atoms with Gasteiger partial charge >= 0.3 is 0 Å². The molecule has 0 amide bonds. The van der Waals surface area contributed by atoms with E-state index in [2.05, 4.69) is 19.7 Å². The highest BCUT2D eigenvalue weighted by molar-refractivity contribution is 5.22. The number of ether oxygens (including phenoxy) is 1. The minimum atomic E-state index is 0.124. The molecule has 1 atom stereocenters. The van der Waals surface area contributed by atoms with Gasteiger partial charge in [0, 0.05) is 0 Å². The van der Waals surface area contributed by atoms with E-state index < -0.39 is 0 Å². The zero-order valence-electron chi connectivity index (χ0n) is 9.62. The number of aliphatic hydroxyl groups excluding tert-OH is 1. The van der Waals surface area contributed by atoms with E-state index in [0.29, 0.717) is 0 Å². The van der Waals surface area contributed by atoms with E-state index in [1.807, 2.05) is 13.8 Å². The van der Waals surface area contributed by atoms with Crippen LogP contribution in [0.15, 0.2) is 49.0 Å². The van der Waals surface area contributed by atoms with Crippen LogP contribution in [0.3, 0.4) is 0 Å². The monoisotopic (exact) mass is 208 g/mol. The quantitative estimate of drug-likeness (QED) is 0.508. The molecule has 0 aromatic heterocycles. The molecule has 84 valence electrons. The molecule has 2 nitrogen and oxygen atoms in total. The Hall–Kier alpha value is -1.44. The van der Waals surface area contributed by atoms with Crippen LogP contribution in [0.4, 0.5) is 0 Å². The van der Waals surface area contributed by atoms with Gasteiger partial charge in [0.2, 0.25) is 0 Å². The average Bonchev–Trinajstić information content (AvgIpc) is 2.13. The van der Waals surface area contributed by atoms with Gasteiger partial charge in [0.15, 0.2) is 0 Å². The van der Waals surface area contributed by atoms with Gasteiger partial charge < -0.3 is 9.84 Å². The molecule has 0 bridgehead atoms. The molecule has 0 saturated carbocycles. The van der Waals surface area contributed by atoms with Gasteiger partial charge in [-0.15, -0.1) is 0 Å². The molecule has 0 heterocycles. The van der Waals surface area contributed by atoms with Gasteiger partial charge in [-0.05, 0) is 38.8 Å².